The lowest BCUT2D eigenvalue weighted by Gasteiger charge is -2.10. The third kappa shape index (κ3) is 4.02. The highest BCUT2D eigenvalue weighted by Crippen LogP contribution is 2.23. The normalized spacial score (nSPS) is 10.9. The minimum atomic E-state index is -0.250. The number of rotatable bonds is 4. The van der Waals surface area contributed by atoms with Crippen molar-refractivity contribution in [3.8, 4) is 5.75 Å². The van der Waals surface area contributed by atoms with E-state index in [-0.39, 0.29) is 11.6 Å². The van der Waals surface area contributed by atoms with Gasteiger partial charge < -0.3 is 10.4 Å². The zero-order valence-corrected chi connectivity index (χ0v) is 13.3. The van der Waals surface area contributed by atoms with Gasteiger partial charge >= 0.3 is 0 Å². The lowest BCUT2D eigenvalue weighted by molar-refractivity contribution is 0.475. The second-order valence-corrected chi connectivity index (χ2v) is 5.63. The summed E-state index contributed by atoms with van der Waals surface area (Å²) in [4.78, 5) is 0. The summed E-state index contributed by atoms with van der Waals surface area (Å²) in [5, 5.41) is 12.8. The smallest absolute Gasteiger partial charge is 0.123 e. The highest BCUT2D eigenvalue weighted by molar-refractivity contribution is 5.74. The molecule has 2 nitrogen and oxygen atoms in total. The zero-order chi connectivity index (χ0) is 16.9. The molecule has 0 aliphatic carbocycles. The van der Waals surface area contributed by atoms with Gasteiger partial charge in [-0.15, -0.1) is 0 Å². The van der Waals surface area contributed by atoms with Gasteiger partial charge in [-0.05, 0) is 66.1 Å². The van der Waals surface area contributed by atoms with E-state index in [1.807, 2.05) is 49.4 Å². The summed E-state index contributed by atoms with van der Waals surface area (Å²) in [7, 11) is 0. The largest absolute Gasteiger partial charge is 0.508 e. The number of halogens is 1. The van der Waals surface area contributed by atoms with Crippen molar-refractivity contribution < 1.29 is 9.50 Å². The van der Waals surface area contributed by atoms with E-state index in [9.17, 15) is 9.50 Å². The molecule has 3 aromatic carbocycles. The van der Waals surface area contributed by atoms with Gasteiger partial charge in [0.2, 0.25) is 0 Å². The molecule has 3 aromatic rings. The van der Waals surface area contributed by atoms with Crippen LogP contribution in [0.3, 0.4) is 0 Å². The van der Waals surface area contributed by atoms with E-state index >= 15 is 0 Å². The van der Waals surface area contributed by atoms with Gasteiger partial charge in [-0.1, -0.05) is 36.4 Å². The number of aryl methyl sites for hydroxylation is 1. The molecular weight excluding hydrogens is 301 g/mol. The Bertz CT molecular complexity index is 869. The van der Waals surface area contributed by atoms with Gasteiger partial charge in [-0.25, -0.2) is 4.39 Å². The van der Waals surface area contributed by atoms with Crippen molar-refractivity contribution in [1.82, 2.24) is 0 Å². The van der Waals surface area contributed by atoms with Crippen molar-refractivity contribution in [2.24, 2.45) is 0 Å². The van der Waals surface area contributed by atoms with Gasteiger partial charge in [0.05, 0.1) is 0 Å². The molecule has 0 amide bonds. The van der Waals surface area contributed by atoms with E-state index in [0.717, 1.165) is 28.1 Å². The molecule has 0 aromatic heterocycles. The summed E-state index contributed by atoms with van der Waals surface area (Å²) in [6.07, 6.45) is 3.94. The average molecular weight is 319 g/mol. The second-order valence-electron chi connectivity index (χ2n) is 5.63. The van der Waals surface area contributed by atoms with Gasteiger partial charge in [0.25, 0.3) is 0 Å². The van der Waals surface area contributed by atoms with Crippen LogP contribution in [0.25, 0.3) is 12.2 Å². The van der Waals surface area contributed by atoms with Crippen molar-refractivity contribution in [1.29, 1.82) is 0 Å². The second kappa shape index (κ2) is 7.01. The molecule has 0 aliphatic rings. The molecular formula is C21H18FNO. The highest BCUT2D eigenvalue weighted by Gasteiger charge is 2.01. The van der Waals surface area contributed by atoms with E-state index in [2.05, 4.69) is 5.32 Å². The number of hydrogen-bond acceptors (Lipinski definition) is 2. The summed E-state index contributed by atoms with van der Waals surface area (Å²) in [6, 6.07) is 19.5. The van der Waals surface area contributed by atoms with Crippen molar-refractivity contribution >= 4 is 23.5 Å². The lowest BCUT2D eigenvalue weighted by Crippen LogP contribution is -1.93. The molecule has 0 aliphatic heterocycles. The first-order valence-corrected chi connectivity index (χ1v) is 7.70. The molecule has 24 heavy (non-hydrogen) atoms. The fourth-order valence-corrected chi connectivity index (χ4v) is 2.39. The summed E-state index contributed by atoms with van der Waals surface area (Å²) in [5.74, 6) is -0.000193. The minimum absolute atomic E-state index is 0.250. The molecule has 0 radical (unpaired) electrons. The number of anilines is 2. The van der Waals surface area contributed by atoms with Crippen molar-refractivity contribution in [3.05, 3.63) is 89.2 Å². The van der Waals surface area contributed by atoms with Gasteiger partial charge in [-0.2, -0.15) is 0 Å². The molecule has 0 unspecified atom stereocenters. The Kier molecular flexibility index (Phi) is 4.62. The number of nitrogens with one attached hydrogen (secondary N) is 1. The van der Waals surface area contributed by atoms with Crippen LogP contribution in [0.5, 0.6) is 5.75 Å². The molecule has 3 rings (SSSR count). The van der Waals surface area contributed by atoms with Crippen LogP contribution >= 0.6 is 0 Å². The Balaban J connectivity index is 1.82. The predicted molar refractivity (Wildman–Crippen MR) is 97.9 cm³/mol. The van der Waals surface area contributed by atoms with Crippen molar-refractivity contribution in [3.63, 3.8) is 0 Å². The Morgan fingerprint density at radius 3 is 2.29 bits per heavy atom. The molecule has 0 bridgehead atoms. The topological polar surface area (TPSA) is 32.3 Å². The van der Waals surface area contributed by atoms with Crippen LogP contribution in [-0.2, 0) is 0 Å². The van der Waals surface area contributed by atoms with E-state index in [1.165, 1.54) is 12.1 Å². The maximum absolute atomic E-state index is 13.0. The van der Waals surface area contributed by atoms with Gasteiger partial charge in [0.15, 0.2) is 0 Å². The number of hydrogen-bond donors (Lipinski definition) is 2. The average Bonchev–Trinajstić information content (AvgIpc) is 2.58. The summed E-state index contributed by atoms with van der Waals surface area (Å²) in [6.45, 7) is 2.02. The summed E-state index contributed by atoms with van der Waals surface area (Å²) in [5.41, 5.74) is 4.89. The van der Waals surface area contributed by atoms with E-state index < -0.39 is 0 Å². The van der Waals surface area contributed by atoms with Crippen LogP contribution in [-0.4, -0.2) is 5.11 Å². The Morgan fingerprint density at radius 1 is 0.875 bits per heavy atom. The Labute approximate surface area is 140 Å². The number of phenols is 1. The molecule has 0 saturated heterocycles. The van der Waals surface area contributed by atoms with E-state index in [4.69, 9.17) is 0 Å². The predicted octanol–water partition coefficient (Wildman–Crippen LogP) is 5.75. The van der Waals surface area contributed by atoms with Gasteiger partial charge in [0, 0.05) is 11.4 Å². The van der Waals surface area contributed by atoms with Crippen LogP contribution in [0.2, 0.25) is 0 Å². The monoisotopic (exact) mass is 319 g/mol. The molecule has 3 heteroatoms. The maximum Gasteiger partial charge on any atom is 0.123 e. The number of phenolic OH excluding ortho intramolecular Hbond substituents is 1. The maximum atomic E-state index is 13.0. The van der Waals surface area contributed by atoms with Crippen LogP contribution < -0.4 is 5.32 Å². The highest BCUT2D eigenvalue weighted by atomic mass is 19.1. The first kappa shape index (κ1) is 15.8. The third-order valence-corrected chi connectivity index (χ3v) is 3.72. The summed E-state index contributed by atoms with van der Waals surface area (Å²) >= 11 is 0. The molecule has 2 N–H and O–H groups in total. The van der Waals surface area contributed by atoms with E-state index in [0.29, 0.717) is 0 Å². The fourth-order valence-electron chi connectivity index (χ4n) is 2.39. The lowest BCUT2D eigenvalue weighted by atomic mass is 10.1. The van der Waals surface area contributed by atoms with Crippen molar-refractivity contribution in [2.45, 2.75) is 6.92 Å². The molecule has 0 fully saturated rings. The molecule has 0 atom stereocenters. The van der Waals surface area contributed by atoms with Crippen LogP contribution in [0, 0.1) is 12.7 Å². The van der Waals surface area contributed by atoms with Gasteiger partial charge in [-0.3, -0.25) is 0 Å². The minimum Gasteiger partial charge on any atom is -0.508 e. The SMILES string of the molecule is Cc1ccc(/C=C/c2cccc(O)c2)cc1Nc1ccc(F)cc1. The first-order valence-electron chi connectivity index (χ1n) is 7.70. The Morgan fingerprint density at radius 2 is 1.58 bits per heavy atom. The quantitative estimate of drug-likeness (QED) is 0.600. The van der Waals surface area contributed by atoms with Crippen LogP contribution in [0.1, 0.15) is 16.7 Å². The third-order valence-electron chi connectivity index (χ3n) is 3.72. The molecule has 0 spiro atoms. The molecule has 120 valence electrons. The Hall–Kier alpha value is -3.07. The zero-order valence-electron chi connectivity index (χ0n) is 13.3. The number of aromatic hydroxyl groups is 1. The first-order chi connectivity index (χ1) is 11.6. The van der Waals surface area contributed by atoms with Crippen LogP contribution in [0.4, 0.5) is 15.8 Å². The van der Waals surface area contributed by atoms with Gasteiger partial charge in [0.1, 0.15) is 11.6 Å². The van der Waals surface area contributed by atoms with Crippen LogP contribution in [0.15, 0.2) is 66.7 Å². The fraction of sp³-hybridized carbons (Fsp3) is 0.0476. The standard InChI is InChI=1S/C21H18FNO/c1-15-5-6-17(8-7-16-3-2-4-20(24)13-16)14-21(15)23-19-11-9-18(22)10-12-19/h2-14,23-24H,1H3/b8-7+. The summed E-state index contributed by atoms with van der Waals surface area (Å²) < 4.78 is 13.0. The van der Waals surface area contributed by atoms with E-state index in [1.54, 1.807) is 24.3 Å². The molecule has 0 heterocycles. The van der Waals surface area contributed by atoms with Crippen molar-refractivity contribution in [2.75, 3.05) is 5.32 Å². The number of benzene rings is 3. The molecule has 0 saturated carbocycles.